The van der Waals surface area contributed by atoms with Crippen LogP contribution in [0.1, 0.15) is 0 Å². The van der Waals surface area contributed by atoms with E-state index in [1.165, 1.54) is 0 Å². The molecule has 0 saturated heterocycles. The van der Waals surface area contributed by atoms with Crippen molar-refractivity contribution in [1.82, 2.24) is 0 Å². The molecule has 1 N–H and O–H groups in total. The summed E-state index contributed by atoms with van der Waals surface area (Å²) < 4.78 is 0.310. The topological polar surface area (TPSA) is 32.6 Å². The molecule has 50 valence electrons. The second-order valence-corrected chi connectivity index (χ2v) is 3.82. The zero-order valence-corrected chi connectivity index (χ0v) is 8.30. The molecule has 0 rings (SSSR count). The highest BCUT2D eigenvalue weighted by atomic mass is 79.9. The molecule has 0 atom stereocenters. The van der Waals surface area contributed by atoms with Crippen molar-refractivity contribution >= 4 is 58.6 Å². The molecule has 6 heteroatoms. The molecule has 0 amide bonds. The summed E-state index contributed by atoms with van der Waals surface area (Å²) in [7, 11) is 0. The quantitative estimate of drug-likeness (QED) is 0.316. The molecule has 0 spiro atoms. The number of oxime groups is 1. The fourth-order valence-electron chi connectivity index (χ4n) is 0. The molecule has 0 aromatic heterocycles. The van der Waals surface area contributed by atoms with Crippen molar-refractivity contribution in [3.63, 3.8) is 0 Å². The molecule has 0 aliphatic carbocycles. The van der Waals surface area contributed by atoms with Crippen LogP contribution in [0, 0.1) is 0 Å². The Hall–Kier alpha value is 1.01. The third-order valence-corrected chi connectivity index (χ3v) is 0.393. The van der Waals surface area contributed by atoms with Crippen LogP contribution in [0.4, 0.5) is 0 Å². The lowest BCUT2D eigenvalue weighted by atomic mass is 11.7. The molecule has 0 aromatic rings. The van der Waals surface area contributed by atoms with Crippen LogP contribution in [0.3, 0.4) is 0 Å². The van der Waals surface area contributed by atoms with Crippen molar-refractivity contribution in [1.29, 1.82) is 0 Å². The van der Waals surface area contributed by atoms with Crippen LogP contribution < -0.4 is 0 Å². The zero-order chi connectivity index (χ0) is 6.99. The van der Waals surface area contributed by atoms with Crippen molar-refractivity contribution in [2.45, 2.75) is 0 Å². The lowest BCUT2D eigenvalue weighted by molar-refractivity contribution is 0.322. The Labute approximate surface area is 74.1 Å². The van der Waals surface area contributed by atoms with Crippen LogP contribution in [0.2, 0.25) is 0 Å². The van der Waals surface area contributed by atoms with E-state index in [2.05, 4.69) is 37.0 Å². The van der Waals surface area contributed by atoms with Crippen LogP contribution in [0.15, 0.2) is 5.16 Å². The Morgan fingerprint density at radius 3 is 1.62 bits per heavy atom. The molecule has 0 aromatic carbocycles. The van der Waals surface area contributed by atoms with Crippen molar-refractivity contribution < 1.29 is 5.21 Å². The molecule has 0 saturated carbocycles. The first-order valence-electron chi connectivity index (χ1n) is 1.34. The normalized spacial score (nSPS) is 6.50. The molecular weight excluding hydrogens is 285 g/mol. The highest BCUT2D eigenvalue weighted by molar-refractivity contribution is 9.39. The fraction of sp³-hybridized carbons (Fsp3) is 0.500. The van der Waals surface area contributed by atoms with E-state index in [0.29, 0.717) is 3.53 Å². The summed E-state index contributed by atoms with van der Waals surface area (Å²) in [6.45, 7) is 0. The van der Waals surface area contributed by atoms with Crippen LogP contribution in [-0.2, 0) is 0 Å². The number of hydrogen-bond acceptors (Lipinski definition) is 2. The number of hydrogen-bond donors (Lipinski definition) is 1. The van der Waals surface area contributed by atoms with E-state index in [1.807, 2.05) is 0 Å². The maximum absolute atomic E-state index is 7.64. The number of rotatable bonds is 0. The summed E-state index contributed by atoms with van der Waals surface area (Å²) >= 11 is 15.1. The van der Waals surface area contributed by atoms with Gasteiger partial charge in [-0.05, 0) is 31.9 Å². The summed E-state index contributed by atoms with van der Waals surface area (Å²) in [4.78, 5) is 0. The third kappa shape index (κ3) is 27.9. The Balaban J connectivity index is 0. The number of alkyl halides is 2. The predicted molar refractivity (Wildman–Crippen MR) is 43.6 cm³/mol. The highest BCUT2D eigenvalue weighted by Gasteiger charge is 1.72. The number of halogens is 4. The molecule has 8 heavy (non-hydrogen) atoms. The summed E-state index contributed by atoms with van der Waals surface area (Å²) in [5.41, 5.74) is 0. The van der Waals surface area contributed by atoms with Crippen LogP contribution >= 0.6 is 55.1 Å². The van der Waals surface area contributed by atoms with Gasteiger partial charge in [0.05, 0.1) is 5.34 Å². The van der Waals surface area contributed by atoms with E-state index in [0.717, 1.165) is 0 Å². The summed E-state index contributed by atoms with van der Waals surface area (Å²) in [5.74, 6) is 0. The standard InChI is InChI=1S/CHBr2NO.CH2Cl2/c2-1(3)4-5;2-1-3/h5H;1H2. The first-order valence-corrected chi connectivity index (χ1v) is 3.99. The predicted octanol–water partition coefficient (Wildman–Crippen LogP) is 2.94. The van der Waals surface area contributed by atoms with Crippen LogP contribution in [0.5, 0.6) is 0 Å². The maximum atomic E-state index is 7.64. The second-order valence-electron chi connectivity index (χ2n) is 0.441. The average Bonchev–Trinajstić information content (AvgIpc) is 1.69. The van der Waals surface area contributed by atoms with Gasteiger partial charge in [0, 0.05) is 0 Å². The minimum absolute atomic E-state index is 0.194. The van der Waals surface area contributed by atoms with Gasteiger partial charge in [-0.3, -0.25) is 0 Å². The molecule has 0 bridgehead atoms. The van der Waals surface area contributed by atoms with Gasteiger partial charge in [-0.2, -0.15) is 0 Å². The van der Waals surface area contributed by atoms with Gasteiger partial charge in [0.2, 0.25) is 0 Å². The third-order valence-electron chi connectivity index (χ3n) is 0.0756. The van der Waals surface area contributed by atoms with Crippen molar-refractivity contribution in [3.8, 4) is 0 Å². The molecule has 0 heterocycles. The van der Waals surface area contributed by atoms with Gasteiger partial charge in [-0.1, -0.05) is 5.16 Å². The Kier molecular flexibility index (Phi) is 16.0. The van der Waals surface area contributed by atoms with E-state index in [9.17, 15) is 0 Å². The van der Waals surface area contributed by atoms with E-state index in [4.69, 9.17) is 28.4 Å². The molecule has 0 fully saturated rings. The molecule has 0 unspecified atom stereocenters. The first kappa shape index (κ1) is 11.8. The zero-order valence-electron chi connectivity index (χ0n) is 3.61. The molecule has 0 radical (unpaired) electrons. The lowest BCUT2D eigenvalue weighted by Crippen LogP contribution is -1.59. The second kappa shape index (κ2) is 10.9. The Morgan fingerprint density at radius 1 is 1.50 bits per heavy atom. The van der Waals surface area contributed by atoms with Gasteiger partial charge < -0.3 is 5.21 Å². The van der Waals surface area contributed by atoms with Gasteiger partial charge >= 0.3 is 0 Å². The first-order chi connectivity index (χ1) is 3.68. The van der Waals surface area contributed by atoms with Crippen molar-refractivity contribution in [2.24, 2.45) is 5.16 Å². The largest absolute Gasteiger partial charge is 0.410 e. The van der Waals surface area contributed by atoms with E-state index < -0.39 is 0 Å². The molecule has 0 aliphatic heterocycles. The van der Waals surface area contributed by atoms with Gasteiger partial charge in [0.15, 0.2) is 3.53 Å². The van der Waals surface area contributed by atoms with Crippen LogP contribution in [0.25, 0.3) is 0 Å². The minimum Gasteiger partial charge on any atom is -0.410 e. The Bertz CT molecular complexity index is 65.1. The van der Waals surface area contributed by atoms with Crippen molar-refractivity contribution in [2.75, 3.05) is 5.34 Å². The molecule has 0 aliphatic rings. The maximum Gasteiger partial charge on any atom is 0.187 e. The molecular formula is C2H3Br2Cl2NO. The van der Waals surface area contributed by atoms with Gasteiger partial charge in [-0.25, -0.2) is 0 Å². The van der Waals surface area contributed by atoms with Crippen molar-refractivity contribution in [3.05, 3.63) is 0 Å². The van der Waals surface area contributed by atoms with Gasteiger partial charge in [-0.15, -0.1) is 23.2 Å². The fourth-order valence-corrected chi connectivity index (χ4v) is 0. The van der Waals surface area contributed by atoms with Crippen LogP contribution in [-0.4, -0.2) is 14.1 Å². The highest BCUT2D eigenvalue weighted by Crippen LogP contribution is 1.94. The minimum atomic E-state index is 0.194. The Morgan fingerprint density at radius 2 is 1.62 bits per heavy atom. The van der Waals surface area contributed by atoms with E-state index in [-0.39, 0.29) is 5.34 Å². The monoisotopic (exact) mass is 285 g/mol. The summed E-state index contributed by atoms with van der Waals surface area (Å²) in [5, 5.41) is 10.5. The lowest BCUT2D eigenvalue weighted by Gasteiger charge is -1.66. The molecule has 2 nitrogen and oxygen atoms in total. The number of nitrogens with zero attached hydrogens (tertiary/aromatic N) is 1. The van der Waals surface area contributed by atoms with Gasteiger partial charge in [0.25, 0.3) is 0 Å². The smallest absolute Gasteiger partial charge is 0.187 e. The van der Waals surface area contributed by atoms with E-state index in [1.54, 1.807) is 0 Å². The van der Waals surface area contributed by atoms with E-state index >= 15 is 0 Å². The summed E-state index contributed by atoms with van der Waals surface area (Å²) in [6, 6.07) is 0. The average molecular weight is 288 g/mol. The summed E-state index contributed by atoms with van der Waals surface area (Å²) in [6.07, 6.45) is 0. The SMILES string of the molecule is ClCCl.ON=C(Br)Br. The van der Waals surface area contributed by atoms with Gasteiger partial charge in [0.1, 0.15) is 0 Å².